The van der Waals surface area contributed by atoms with E-state index in [1.165, 1.54) is 11.3 Å². The molecule has 2 unspecified atom stereocenters. The first-order valence-corrected chi connectivity index (χ1v) is 9.64. The van der Waals surface area contributed by atoms with Crippen molar-refractivity contribution in [3.8, 4) is 5.75 Å². The van der Waals surface area contributed by atoms with Gasteiger partial charge in [0.05, 0.1) is 16.6 Å². The molecule has 2 aliphatic heterocycles. The van der Waals surface area contributed by atoms with Crippen LogP contribution in [0.1, 0.15) is 24.3 Å². The lowest BCUT2D eigenvalue weighted by Crippen LogP contribution is -2.37. The van der Waals surface area contributed by atoms with E-state index in [2.05, 4.69) is 16.3 Å². The third-order valence-electron chi connectivity index (χ3n) is 5.25. The normalized spacial score (nSPS) is 21.4. The Labute approximate surface area is 171 Å². The molecular weight excluding hydrogens is 391 g/mol. The molecule has 0 aliphatic carbocycles. The van der Waals surface area contributed by atoms with E-state index in [0.717, 1.165) is 43.2 Å². The lowest BCUT2D eigenvalue weighted by atomic mass is 9.91. The molecule has 26 heavy (non-hydrogen) atoms. The minimum absolute atomic E-state index is 0. The number of fused-ring (bicyclic) bond motifs is 3. The molecule has 2 aliphatic rings. The van der Waals surface area contributed by atoms with Crippen molar-refractivity contribution >= 4 is 41.3 Å². The SMILES string of the molecule is Cl.Clc1ccc2c(c1Cl)C1CCNCCC1N2CCOc1ccccc1. The van der Waals surface area contributed by atoms with Gasteiger partial charge in [-0.25, -0.2) is 0 Å². The Bertz CT molecular complexity index is 741. The molecule has 6 heteroatoms. The summed E-state index contributed by atoms with van der Waals surface area (Å²) in [5.41, 5.74) is 2.45. The number of nitrogens with zero attached hydrogens (tertiary/aromatic N) is 1. The first-order valence-electron chi connectivity index (χ1n) is 8.89. The van der Waals surface area contributed by atoms with Gasteiger partial charge in [-0.05, 0) is 50.2 Å². The Morgan fingerprint density at radius 1 is 1.04 bits per heavy atom. The van der Waals surface area contributed by atoms with Gasteiger partial charge in [-0.3, -0.25) is 0 Å². The largest absolute Gasteiger partial charge is 0.492 e. The monoisotopic (exact) mass is 412 g/mol. The highest BCUT2D eigenvalue weighted by atomic mass is 35.5. The van der Waals surface area contributed by atoms with Crippen molar-refractivity contribution in [3.05, 3.63) is 58.1 Å². The summed E-state index contributed by atoms with van der Waals surface area (Å²) in [6, 6.07) is 14.5. The van der Waals surface area contributed by atoms with Crippen molar-refractivity contribution < 1.29 is 4.74 Å². The van der Waals surface area contributed by atoms with Crippen molar-refractivity contribution in [2.75, 3.05) is 31.1 Å². The lowest BCUT2D eigenvalue weighted by molar-refractivity contribution is 0.317. The van der Waals surface area contributed by atoms with Crippen molar-refractivity contribution in [2.45, 2.75) is 24.8 Å². The number of ether oxygens (including phenoxy) is 1. The number of hydrogen-bond acceptors (Lipinski definition) is 3. The summed E-state index contributed by atoms with van der Waals surface area (Å²) in [5.74, 6) is 1.35. The number of rotatable bonds is 4. The molecule has 0 radical (unpaired) electrons. The second kappa shape index (κ2) is 8.71. The Kier molecular flexibility index (Phi) is 6.57. The highest BCUT2D eigenvalue weighted by Gasteiger charge is 2.40. The van der Waals surface area contributed by atoms with Crippen LogP contribution in [0.2, 0.25) is 10.0 Å². The average molecular weight is 414 g/mol. The molecule has 3 nitrogen and oxygen atoms in total. The fourth-order valence-electron chi connectivity index (χ4n) is 4.14. The number of para-hydroxylation sites is 1. The van der Waals surface area contributed by atoms with E-state index in [-0.39, 0.29) is 12.4 Å². The van der Waals surface area contributed by atoms with Crippen LogP contribution in [-0.2, 0) is 0 Å². The summed E-state index contributed by atoms with van der Waals surface area (Å²) >= 11 is 12.9. The quantitative estimate of drug-likeness (QED) is 0.750. The second-order valence-electron chi connectivity index (χ2n) is 6.65. The number of nitrogens with one attached hydrogen (secondary N) is 1. The summed E-state index contributed by atoms with van der Waals surface area (Å²) in [7, 11) is 0. The van der Waals surface area contributed by atoms with Crippen LogP contribution in [0.3, 0.4) is 0 Å². The maximum atomic E-state index is 6.60. The van der Waals surface area contributed by atoms with Gasteiger partial charge >= 0.3 is 0 Å². The third-order valence-corrected chi connectivity index (χ3v) is 6.07. The van der Waals surface area contributed by atoms with E-state index < -0.39 is 0 Å². The van der Waals surface area contributed by atoms with E-state index in [0.29, 0.717) is 23.6 Å². The van der Waals surface area contributed by atoms with Crippen LogP contribution in [0, 0.1) is 0 Å². The highest BCUT2D eigenvalue weighted by Crippen LogP contribution is 2.49. The molecule has 1 fully saturated rings. The number of anilines is 1. The van der Waals surface area contributed by atoms with Crippen LogP contribution < -0.4 is 15.0 Å². The molecule has 0 aromatic heterocycles. The molecule has 0 amide bonds. The van der Waals surface area contributed by atoms with E-state index >= 15 is 0 Å². The Hall–Kier alpha value is -1.13. The average Bonchev–Trinajstić information content (AvgIpc) is 2.78. The molecule has 2 atom stereocenters. The topological polar surface area (TPSA) is 24.5 Å². The zero-order valence-corrected chi connectivity index (χ0v) is 16.8. The van der Waals surface area contributed by atoms with Crippen LogP contribution >= 0.6 is 35.6 Å². The molecule has 4 rings (SSSR count). The summed E-state index contributed by atoms with van der Waals surface area (Å²) in [6.07, 6.45) is 2.20. The van der Waals surface area contributed by atoms with Crippen LogP contribution in [0.15, 0.2) is 42.5 Å². The summed E-state index contributed by atoms with van der Waals surface area (Å²) in [4.78, 5) is 2.47. The maximum Gasteiger partial charge on any atom is 0.119 e. The molecule has 2 heterocycles. The van der Waals surface area contributed by atoms with Gasteiger partial charge in [0, 0.05) is 23.2 Å². The van der Waals surface area contributed by atoms with Crippen molar-refractivity contribution in [1.29, 1.82) is 0 Å². The zero-order valence-electron chi connectivity index (χ0n) is 14.5. The van der Waals surface area contributed by atoms with Gasteiger partial charge in [-0.1, -0.05) is 41.4 Å². The smallest absolute Gasteiger partial charge is 0.119 e. The fourth-order valence-corrected chi connectivity index (χ4v) is 4.60. The molecule has 0 spiro atoms. The molecule has 2 aromatic carbocycles. The molecule has 140 valence electrons. The van der Waals surface area contributed by atoms with Crippen LogP contribution in [0.25, 0.3) is 0 Å². The minimum atomic E-state index is 0. The van der Waals surface area contributed by atoms with Crippen LogP contribution in [0.4, 0.5) is 5.69 Å². The molecule has 1 N–H and O–H groups in total. The van der Waals surface area contributed by atoms with Crippen LogP contribution in [0.5, 0.6) is 5.75 Å². The van der Waals surface area contributed by atoms with Crippen molar-refractivity contribution in [2.24, 2.45) is 0 Å². The maximum absolute atomic E-state index is 6.60. The van der Waals surface area contributed by atoms with Crippen molar-refractivity contribution in [3.63, 3.8) is 0 Å². The van der Waals surface area contributed by atoms with Gasteiger partial charge in [0.2, 0.25) is 0 Å². The number of hydrogen-bond donors (Lipinski definition) is 1. The lowest BCUT2D eigenvalue weighted by Gasteiger charge is -2.29. The van der Waals surface area contributed by atoms with Crippen LogP contribution in [-0.4, -0.2) is 32.3 Å². The van der Waals surface area contributed by atoms with Gasteiger partial charge in [0.25, 0.3) is 0 Å². The predicted molar refractivity (Wildman–Crippen MR) is 112 cm³/mol. The minimum Gasteiger partial charge on any atom is -0.492 e. The summed E-state index contributed by atoms with van der Waals surface area (Å²) < 4.78 is 5.93. The first kappa shape index (κ1) is 19.6. The van der Waals surface area contributed by atoms with Gasteiger partial charge in [-0.15, -0.1) is 12.4 Å². The standard InChI is InChI=1S/C20H22Cl2N2O.ClH/c21-16-6-7-18-19(20(16)22)15-8-10-23-11-9-17(15)24(18)12-13-25-14-4-2-1-3-5-14;/h1-7,15,17,23H,8-13H2;1H. The number of benzene rings is 2. The highest BCUT2D eigenvalue weighted by molar-refractivity contribution is 6.42. The fraction of sp³-hybridized carbons (Fsp3) is 0.400. The van der Waals surface area contributed by atoms with Gasteiger partial charge in [-0.2, -0.15) is 0 Å². The molecule has 0 bridgehead atoms. The number of halogens is 3. The third kappa shape index (κ3) is 3.77. The van der Waals surface area contributed by atoms with E-state index in [4.69, 9.17) is 27.9 Å². The van der Waals surface area contributed by atoms with E-state index in [1.54, 1.807) is 0 Å². The van der Waals surface area contributed by atoms with Gasteiger partial charge < -0.3 is 15.0 Å². The molecule has 2 aromatic rings. The Morgan fingerprint density at radius 3 is 2.62 bits per heavy atom. The summed E-state index contributed by atoms with van der Waals surface area (Å²) in [5, 5.41) is 4.89. The molecule has 0 saturated carbocycles. The zero-order chi connectivity index (χ0) is 17.2. The molecule has 1 saturated heterocycles. The van der Waals surface area contributed by atoms with Crippen molar-refractivity contribution in [1.82, 2.24) is 5.32 Å². The second-order valence-corrected chi connectivity index (χ2v) is 7.44. The molecular formula is C20H23Cl3N2O. The van der Waals surface area contributed by atoms with Gasteiger partial charge in [0.1, 0.15) is 12.4 Å². The van der Waals surface area contributed by atoms with Gasteiger partial charge in [0.15, 0.2) is 0 Å². The first-order chi connectivity index (χ1) is 12.3. The van der Waals surface area contributed by atoms with E-state index in [9.17, 15) is 0 Å². The Balaban J connectivity index is 0.00000196. The Morgan fingerprint density at radius 2 is 1.81 bits per heavy atom. The summed E-state index contributed by atoms with van der Waals surface area (Å²) in [6.45, 7) is 3.57. The van der Waals surface area contributed by atoms with E-state index in [1.807, 2.05) is 36.4 Å². The predicted octanol–water partition coefficient (Wildman–Crippen LogP) is 5.15.